The van der Waals surface area contributed by atoms with Crippen LogP contribution in [0, 0.1) is 11.6 Å². The molecule has 0 aliphatic carbocycles. The molecule has 0 radical (unpaired) electrons. The lowest BCUT2D eigenvalue weighted by Gasteiger charge is -2.12. The van der Waals surface area contributed by atoms with E-state index in [1.807, 2.05) is 0 Å². The number of nitrogens with one attached hydrogen (secondary N) is 1. The van der Waals surface area contributed by atoms with E-state index in [2.05, 4.69) is 5.32 Å². The molecular formula is C12H16F2N2O2. The van der Waals surface area contributed by atoms with Crippen LogP contribution in [0.25, 0.3) is 0 Å². The first-order valence-electron chi connectivity index (χ1n) is 5.50. The molecule has 0 aromatic heterocycles. The van der Waals surface area contributed by atoms with Gasteiger partial charge in [0.05, 0.1) is 12.5 Å². The van der Waals surface area contributed by atoms with Crippen LogP contribution in [0.1, 0.15) is 12.0 Å². The Labute approximate surface area is 104 Å². The number of amides is 1. The summed E-state index contributed by atoms with van der Waals surface area (Å²) in [4.78, 5) is 11.5. The van der Waals surface area contributed by atoms with Gasteiger partial charge in [-0.05, 0) is 6.07 Å². The zero-order chi connectivity index (χ0) is 13.5. The number of methoxy groups -OCH3 is 1. The van der Waals surface area contributed by atoms with Crippen molar-refractivity contribution >= 4 is 5.91 Å². The number of halogens is 2. The van der Waals surface area contributed by atoms with Crippen molar-refractivity contribution < 1.29 is 18.3 Å². The minimum absolute atomic E-state index is 0.00591. The van der Waals surface area contributed by atoms with Crippen molar-refractivity contribution in [3.8, 4) is 0 Å². The molecule has 0 saturated carbocycles. The molecule has 0 spiro atoms. The number of carbonyl (C=O) groups excluding carboxylic acids is 1. The predicted molar refractivity (Wildman–Crippen MR) is 62.7 cm³/mol. The first-order chi connectivity index (χ1) is 8.56. The molecule has 0 aliphatic rings. The van der Waals surface area contributed by atoms with E-state index in [1.165, 1.54) is 13.2 Å². The Balaban J connectivity index is 2.47. The highest BCUT2D eigenvalue weighted by Crippen LogP contribution is 2.09. The monoisotopic (exact) mass is 258 g/mol. The molecule has 0 heterocycles. The van der Waals surface area contributed by atoms with Crippen LogP contribution in [0.5, 0.6) is 0 Å². The second-order valence-electron chi connectivity index (χ2n) is 3.81. The maximum atomic E-state index is 13.3. The zero-order valence-corrected chi connectivity index (χ0v) is 10.1. The van der Waals surface area contributed by atoms with E-state index in [-0.39, 0.29) is 37.1 Å². The minimum Gasteiger partial charge on any atom is -0.380 e. The average molecular weight is 258 g/mol. The van der Waals surface area contributed by atoms with Gasteiger partial charge in [-0.15, -0.1) is 0 Å². The molecule has 4 nitrogen and oxygen atoms in total. The molecule has 0 saturated heterocycles. The number of carbonyl (C=O) groups is 1. The van der Waals surface area contributed by atoms with Crippen LogP contribution in [0.4, 0.5) is 8.78 Å². The molecule has 6 heteroatoms. The SMILES string of the molecule is COC(CN)CC(=O)NCc1ccc(F)cc1F. The van der Waals surface area contributed by atoms with Gasteiger partial charge in [0.2, 0.25) is 5.91 Å². The molecule has 1 atom stereocenters. The molecule has 1 aromatic carbocycles. The molecule has 3 N–H and O–H groups in total. The van der Waals surface area contributed by atoms with Gasteiger partial charge in [-0.1, -0.05) is 6.07 Å². The Morgan fingerprint density at radius 2 is 2.22 bits per heavy atom. The van der Waals surface area contributed by atoms with Crippen molar-refractivity contribution in [1.82, 2.24) is 5.32 Å². The summed E-state index contributed by atoms with van der Waals surface area (Å²) in [5, 5.41) is 2.52. The molecule has 0 fully saturated rings. The summed E-state index contributed by atoms with van der Waals surface area (Å²) in [6.07, 6.45) is -0.251. The van der Waals surface area contributed by atoms with Crippen LogP contribution in [0.15, 0.2) is 18.2 Å². The first-order valence-corrected chi connectivity index (χ1v) is 5.50. The Hall–Kier alpha value is -1.53. The van der Waals surface area contributed by atoms with Crippen molar-refractivity contribution in [3.63, 3.8) is 0 Å². The summed E-state index contributed by atoms with van der Waals surface area (Å²) in [6.45, 7) is 0.237. The lowest BCUT2D eigenvalue weighted by molar-refractivity contribution is -0.123. The molecule has 0 aliphatic heterocycles. The van der Waals surface area contributed by atoms with Gasteiger partial charge in [0.15, 0.2) is 0 Å². The van der Waals surface area contributed by atoms with Crippen molar-refractivity contribution in [2.24, 2.45) is 5.73 Å². The fourth-order valence-electron chi connectivity index (χ4n) is 1.40. The normalized spacial score (nSPS) is 12.2. The lowest BCUT2D eigenvalue weighted by Crippen LogP contribution is -2.32. The predicted octanol–water partition coefficient (Wildman–Crippen LogP) is 0.945. The molecule has 1 unspecified atom stereocenters. The Bertz CT molecular complexity index is 409. The summed E-state index contributed by atoms with van der Waals surface area (Å²) < 4.78 is 30.9. The van der Waals surface area contributed by atoms with Crippen molar-refractivity contribution in [3.05, 3.63) is 35.4 Å². The van der Waals surface area contributed by atoms with Crippen molar-refractivity contribution in [2.45, 2.75) is 19.1 Å². The summed E-state index contributed by atoms with van der Waals surface area (Å²) >= 11 is 0. The van der Waals surface area contributed by atoms with Gasteiger partial charge in [-0.2, -0.15) is 0 Å². The largest absolute Gasteiger partial charge is 0.380 e. The number of benzene rings is 1. The fourth-order valence-corrected chi connectivity index (χ4v) is 1.40. The van der Waals surface area contributed by atoms with Gasteiger partial charge in [0.25, 0.3) is 0 Å². The molecule has 100 valence electrons. The van der Waals surface area contributed by atoms with E-state index < -0.39 is 11.6 Å². The molecular weight excluding hydrogens is 242 g/mol. The van der Waals surface area contributed by atoms with E-state index in [0.29, 0.717) is 0 Å². The van der Waals surface area contributed by atoms with Gasteiger partial charge < -0.3 is 15.8 Å². The number of rotatable bonds is 6. The van der Waals surface area contributed by atoms with Crippen LogP contribution in [-0.4, -0.2) is 25.7 Å². The maximum absolute atomic E-state index is 13.3. The Kier molecular flexibility index (Phi) is 5.67. The summed E-state index contributed by atoms with van der Waals surface area (Å²) in [6, 6.07) is 3.21. The molecule has 1 amide bonds. The molecule has 1 aromatic rings. The number of nitrogens with two attached hydrogens (primary N) is 1. The summed E-state index contributed by atoms with van der Waals surface area (Å²) in [5.41, 5.74) is 5.60. The molecule has 1 rings (SSSR count). The summed E-state index contributed by atoms with van der Waals surface area (Å²) in [7, 11) is 1.46. The number of hydrogen-bond donors (Lipinski definition) is 2. The number of ether oxygens (including phenoxy) is 1. The molecule has 18 heavy (non-hydrogen) atoms. The van der Waals surface area contributed by atoms with E-state index >= 15 is 0 Å². The Morgan fingerprint density at radius 3 is 2.78 bits per heavy atom. The fraction of sp³-hybridized carbons (Fsp3) is 0.417. The van der Waals surface area contributed by atoms with Crippen LogP contribution in [-0.2, 0) is 16.1 Å². The van der Waals surface area contributed by atoms with Gasteiger partial charge in [0, 0.05) is 31.8 Å². The van der Waals surface area contributed by atoms with E-state index in [1.54, 1.807) is 0 Å². The van der Waals surface area contributed by atoms with E-state index in [0.717, 1.165) is 12.1 Å². The third kappa shape index (κ3) is 4.38. The summed E-state index contributed by atoms with van der Waals surface area (Å²) in [5.74, 6) is -1.63. The standard InChI is InChI=1S/C12H16F2N2O2/c1-18-10(6-15)5-12(17)16-7-8-2-3-9(13)4-11(8)14/h2-4,10H,5-7,15H2,1H3,(H,16,17). The maximum Gasteiger partial charge on any atom is 0.222 e. The topological polar surface area (TPSA) is 64.3 Å². The van der Waals surface area contributed by atoms with Gasteiger partial charge >= 0.3 is 0 Å². The van der Waals surface area contributed by atoms with Gasteiger partial charge in [0.1, 0.15) is 11.6 Å². The zero-order valence-electron chi connectivity index (χ0n) is 10.1. The first kappa shape index (κ1) is 14.5. The third-order valence-corrected chi connectivity index (χ3v) is 2.50. The highest BCUT2D eigenvalue weighted by atomic mass is 19.1. The average Bonchev–Trinajstić information content (AvgIpc) is 2.35. The third-order valence-electron chi connectivity index (χ3n) is 2.50. The van der Waals surface area contributed by atoms with Crippen LogP contribution in [0.2, 0.25) is 0 Å². The quantitative estimate of drug-likeness (QED) is 0.798. The Morgan fingerprint density at radius 1 is 1.50 bits per heavy atom. The van der Waals surface area contributed by atoms with Crippen molar-refractivity contribution in [2.75, 3.05) is 13.7 Å². The van der Waals surface area contributed by atoms with Crippen molar-refractivity contribution in [1.29, 1.82) is 0 Å². The minimum atomic E-state index is -0.683. The molecule has 0 bridgehead atoms. The van der Waals surface area contributed by atoms with E-state index in [9.17, 15) is 13.6 Å². The number of hydrogen-bond acceptors (Lipinski definition) is 3. The van der Waals surface area contributed by atoms with Gasteiger partial charge in [-0.3, -0.25) is 4.79 Å². The second-order valence-corrected chi connectivity index (χ2v) is 3.81. The van der Waals surface area contributed by atoms with E-state index in [4.69, 9.17) is 10.5 Å². The van der Waals surface area contributed by atoms with Gasteiger partial charge in [-0.25, -0.2) is 8.78 Å². The second kappa shape index (κ2) is 7.03. The smallest absolute Gasteiger partial charge is 0.222 e. The highest BCUT2D eigenvalue weighted by molar-refractivity contribution is 5.76. The van der Waals surface area contributed by atoms with Crippen LogP contribution in [0.3, 0.4) is 0 Å². The lowest BCUT2D eigenvalue weighted by atomic mass is 10.2. The van der Waals surface area contributed by atoms with Crippen LogP contribution < -0.4 is 11.1 Å². The van der Waals surface area contributed by atoms with Crippen LogP contribution >= 0.6 is 0 Å². The highest BCUT2D eigenvalue weighted by Gasteiger charge is 2.12.